The topological polar surface area (TPSA) is 26.3 Å². The van der Waals surface area contributed by atoms with Crippen LogP contribution in [0.1, 0.15) is 33.1 Å². The van der Waals surface area contributed by atoms with Crippen LogP contribution in [0.15, 0.2) is 12.2 Å². The molecule has 5 heteroatoms. The molecule has 1 atom stereocenters. The van der Waals surface area contributed by atoms with Gasteiger partial charge in [-0.25, -0.2) is 0 Å². The largest absolute Gasteiger partial charge is 0.466 e. The fraction of sp³-hybridized carbons (Fsp3) is 0.727. The van der Waals surface area contributed by atoms with Crippen LogP contribution in [0.5, 0.6) is 0 Å². The molecule has 0 saturated carbocycles. The molecular weight excluding hydrogens is 221 g/mol. The van der Waals surface area contributed by atoms with E-state index in [0.717, 1.165) is 6.42 Å². The average Bonchev–Trinajstić information content (AvgIpc) is 2.16. The third-order valence-electron chi connectivity index (χ3n) is 1.96. The number of carbonyl (C=O) groups excluding carboxylic acids is 1. The Hall–Kier alpha value is -1.00. The van der Waals surface area contributed by atoms with Gasteiger partial charge in [0.2, 0.25) is 0 Å². The highest BCUT2D eigenvalue weighted by Crippen LogP contribution is 2.30. The van der Waals surface area contributed by atoms with Gasteiger partial charge in [0.15, 0.2) is 5.92 Å². The molecule has 16 heavy (non-hydrogen) atoms. The van der Waals surface area contributed by atoms with Crippen molar-refractivity contribution in [1.29, 1.82) is 0 Å². The second-order valence-corrected chi connectivity index (χ2v) is 3.34. The van der Waals surface area contributed by atoms with Gasteiger partial charge in [-0.05, 0) is 19.8 Å². The first kappa shape index (κ1) is 15.0. The zero-order chi connectivity index (χ0) is 12.6. The predicted octanol–water partition coefficient (Wildman–Crippen LogP) is 3.47. The van der Waals surface area contributed by atoms with Crippen molar-refractivity contribution in [1.82, 2.24) is 0 Å². The second-order valence-electron chi connectivity index (χ2n) is 3.34. The van der Waals surface area contributed by atoms with Gasteiger partial charge in [0.05, 0.1) is 6.61 Å². The Bertz CT molecular complexity index is 234. The van der Waals surface area contributed by atoms with E-state index in [9.17, 15) is 18.0 Å². The summed E-state index contributed by atoms with van der Waals surface area (Å²) in [7, 11) is 0. The molecule has 0 fully saturated rings. The Morgan fingerprint density at radius 1 is 1.31 bits per heavy atom. The monoisotopic (exact) mass is 238 g/mol. The van der Waals surface area contributed by atoms with Crippen molar-refractivity contribution >= 4 is 5.97 Å². The summed E-state index contributed by atoms with van der Waals surface area (Å²) in [5.74, 6) is -3.24. The van der Waals surface area contributed by atoms with Crippen molar-refractivity contribution in [3.63, 3.8) is 0 Å². The summed E-state index contributed by atoms with van der Waals surface area (Å²) in [6.07, 6.45) is -0.262. The van der Waals surface area contributed by atoms with Crippen molar-refractivity contribution in [2.75, 3.05) is 6.61 Å². The maximum atomic E-state index is 12.5. The molecule has 94 valence electrons. The highest BCUT2D eigenvalue weighted by atomic mass is 19.4. The Balaban J connectivity index is 4.39. The van der Waals surface area contributed by atoms with Crippen LogP contribution in [0, 0.1) is 5.92 Å². The van der Waals surface area contributed by atoms with Gasteiger partial charge in [0.1, 0.15) is 0 Å². The molecule has 0 amide bonds. The fourth-order valence-corrected chi connectivity index (χ4v) is 1.12. The summed E-state index contributed by atoms with van der Waals surface area (Å²) in [5.41, 5.74) is 0. The molecule has 0 spiro atoms. The number of rotatable bonds is 6. The van der Waals surface area contributed by atoms with Crippen LogP contribution in [0.3, 0.4) is 0 Å². The van der Waals surface area contributed by atoms with Crippen molar-refractivity contribution < 1.29 is 22.7 Å². The Labute approximate surface area is 93.5 Å². The number of esters is 1. The highest BCUT2D eigenvalue weighted by molar-refractivity contribution is 5.73. The van der Waals surface area contributed by atoms with E-state index < -0.39 is 18.1 Å². The minimum Gasteiger partial charge on any atom is -0.466 e. The van der Waals surface area contributed by atoms with Crippen molar-refractivity contribution in [2.45, 2.75) is 39.3 Å². The normalized spacial score (nSPS) is 14.1. The maximum Gasteiger partial charge on any atom is 0.402 e. The summed E-state index contributed by atoms with van der Waals surface area (Å²) in [6.45, 7) is 3.37. The molecule has 0 aliphatic carbocycles. The van der Waals surface area contributed by atoms with Crippen LogP contribution in [-0.4, -0.2) is 18.8 Å². The van der Waals surface area contributed by atoms with Crippen molar-refractivity contribution in [3.05, 3.63) is 12.2 Å². The van der Waals surface area contributed by atoms with Gasteiger partial charge >= 0.3 is 12.1 Å². The number of halogens is 3. The number of carbonyl (C=O) groups is 1. The lowest BCUT2D eigenvalue weighted by atomic mass is 10.0. The first-order valence-corrected chi connectivity index (χ1v) is 5.31. The quantitative estimate of drug-likeness (QED) is 0.523. The third kappa shape index (κ3) is 5.78. The van der Waals surface area contributed by atoms with E-state index in [-0.39, 0.29) is 13.0 Å². The molecule has 0 radical (unpaired) electrons. The SMILES string of the molecule is CCC/C=C\CC(C(=O)OCC)C(F)(F)F. The molecule has 0 aromatic heterocycles. The molecule has 0 aliphatic heterocycles. The first-order chi connectivity index (χ1) is 7.43. The first-order valence-electron chi connectivity index (χ1n) is 5.31. The van der Waals surface area contributed by atoms with Gasteiger partial charge in [-0.3, -0.25) is 4.79 Å². The predicted molar refractivity (Wildman–Crippen MR) is 54.8 cm³/mol. The van der Waals surface area contributed by atoms with E-state index in [1.165, 1.54) is 13.0 Å². The van der Waals surface area contributed by atoms with Crippen LogP contribution in [0.4, 0.5) is 13.2 Å². The lowest BCUT2D eigenvalue weighted by Gasteiger charge is -2.16. The number of alkyl halides is 3. The zero-order valence-electron chi connectivity index (χ0n) is 9.51. The van der Waals surface area contributed by atoms with Crippen LogP contribution in [0.2, 0.25) is 0 Å². The number of hydrogen-bond acceptors (Lipinski definition) is 2. The number of ether oxygens (including phenoxy) is 1. The molecule has 0 N–H and O–H groups in total. The minimum absolute atomic E-state index is 0.0376. The molecule has 0 heterocycles. The minimum atomic E-state index is -4.54. The molecule has 0 saturated heterocycles. The second kappa shape index (κ2) is 7.30. The third-order valence-corrected chi connectivity index (χ3v) is 1.96. The Kier molecular flexibility index (Phi) is 6.85. The van der Waals surface area contributed by atoms with Crippen LogP contribution in [0.25, 0.3) is 0 Å². The lowest BCUT2D eigenvalue weighted by Crippen LogP contribution is -2.31. The molecule has 0 aliphatic rings. The molecule has 0 aromatic carbocycles. The summed E-state index contributed by atoms with van der Waals surface area (Å²) in [5, 5.41) is 0. The van der Waals surface area contributed by atoms with E-state index in [2.05, 4.69) is 4.74 Å². The Morgan fingerprint density at radius 2 is 1.94 bits per heavy atom. The number of allylic oxidation sites excluding steroid dienone is 2. The van der Waals surface area contributed by atoms with Gasteiger partial charge in [0, 0.05) is 0 Å². The van der Waals surface area contributed by atoms with Crippen molar-refractivity contribution in [2.24, 2.45) is 5.92 Å². The molecule has 0 rings (SSSR count). The standard InChI is InChI=1S/C11H17F3O2/c1-3-5-6-7-8-9(11(12,13)14)10(15)16-4-2/h6-7,9H,3-5,8H2,1-2H3/b7-6-. The van der Waals surface area contributed by atoms with Gasteiger partial charge in [-0.15, -0.1) is 0 Å². The van der Waals surface area contributed by atoms with Crippen molar-refractivity contribution in [3.8, 4) is 0 Å². The van der Waals surface area contributed by atoms with Crippen LogP contribution in [-0.2, 0) is 9.53 Å². The van der Waals surface area contributed by atoms with Crippen LogP contribution >= 0.6 is 0 Å². The van der Waals surface area contributed by atoms with Gasteiger partial charge in [-0.2, -0.15) is 13.2 Å². The summed E-state index contributed by atoms with van der Waals surface area (Å²) in [4.78, 5) is 11.1. The van der Waals surface area contributed by atoms with Crippen LogP contribution < -0.4 is 0 Å². The highest BCUT2D eigenvalue weighted by Gasteiger charge is 2.44. The Morgan fingerprint density at radius 3 is 2.38 bits per heavy atom. The molecule has 1 unspecified atom stereocenters. The van der Waals surface area contributed by atoms with Gasteiger partial charge in [-0.1, -0.05) is 25.5 Å². The summed E-state index contributed by atoms with van der Waals surface area (Å²) < 4.78 is 41.8. The smallest absolute Gasteiger partial charge is 0.402 e. The maximum absolute atomic E-state index is 12.5. The number of unbranched alkanes of at least 4 members (excludes halogenated alkanes) is 1. The van der Waals surface area contributed by atoms with Gasteiger partial charge in [0.25, 0.3) is 0 Å². The number of hydrogen-bond donors (Lipinski definition) is 0. The van der Waals surface area contributed by atoms with E-state index in [4.69, 9.17) is 0 Å². The van der Waals surface area contributed by atoms with E-state index in [0.29, 0.717) is 6.42 Å². The van der Waals surface area contributed by atoms with E-state index in [1.807, 2.05) is 6.92 Å². The lowest BCUT2D eigenvalue weighted by molar-refractivity contribution is -0.196. The van der Waals surface area contributed by atoms with Gasteiger partial charge < -0.3 is 4.74 Å². The zero-order valence-corrected chi connectivity index (χ0v) is 9.51. The average molecular weight is 238 g/mol. The summed E-state index contributed by atoms with van der Waals surface area (Å²) in [6, 6.07) is 0. The summed E-state index contributed by atoms with van der Waals surface area (Å²) >= 11 is 0. The fourth-order valence-electron chi connectivity index (χ4n) is 1.12. The molecule has 0 bridgehead atoms. The molecule has 0 aromatic rings. The van der Waals surface area contributed by atoms with E-state index >= 15 is 0 Å². The van der Waals surface area contributed by atoms with E-state index in [1.54, 1.807) is 6.08 Å². The molecular formula is C11H17F3O2. The molecule has 2 nitrogen and oxygen atoms in total.